The van der Waals surface area contributed by atoms with Gasteiger partial charge in [0.2, 0.25) is 5.91 Å². The van der Waals surface area contributed by atoms with Crippen LogP contribution in [0.1, 0.15) is 57.1 Å². The van der Waals surface area contributed by atoms with E-state index < -0.39 is 0 Å². The summed E-state index contributed by atoms with van der Waals surface area (Å²) in [5.41, 5.74) is 4.98. The summed E-state index contributed by atoms with van der Waals surface area (Å²) in [6, 6.07) is 14.3. The van der Waals surface area contributed by atoms with Crippen molar-refractivity contribution in [3.8, 4) is 5.75 Å². The van der Waals surface area contributed by atoms with E-state index in [4.69, 9.17) is 9.47 Å². The zero-order chi connectivity index (χ0) is 24.8. The number of rotatable bonds is 9. The molecule has 2 heterocycles. The molecule has 2 aromatic carbocycles. The van der Waals surface area contributed by atoms with E-state index in [9.17, 15) is 9.59 Å². The molecule has 0 saturated heterocycles. The van der Waals surface area contributed by atoms with Crippen LogP contribution in [0.4, 0.5) is 0 Å². The number of aryl methyl sites for hydroxylation is 1. The van der Waals surface area contributed by atoms with Gasteiger partial charge in [-0.2, -0.15) is 0 Å². The molecule has 4 rings (SSSR count). The molecule has 1 N–H and O–H groups in total. The van der Waals surface area contributed by atoms with Crippen molar-refractivity contribution in [2.45, 2.75) is 39.3 Å². The number of hydrogen-bond acceptors (Lipinski definition) is 6. The number of benzene rings is 2. The molecule has 1 aliphatic heterocycles. The van der Waals surface area contributed by atoms with Gasteiger partial charge in [0, 0.05) is 32.0 Å². The van der Waals surface area contributed by atoms with E-state index in [0.29, 0.717) is 37.6 Å². The average Bonchev–Trinajstić information content (AvgIpc) is 3.36. The first kappa shape index (κ1) is 24.9. The van der Waals surface area contributed by atoms with Gasteiger partial charge in [0.1, 0.15) is 23.1 Å². The molecule has 0 aliphatic carbocycles. The van der Waals surface area contributed by atoms with E-state index in [-0.39, 0.29) is 24.5 Å². The van der Waals surface area contributed by atoms with Crippen LogP contribution in [0.3, 0.4) is 0 Å². The van der Waals surface area contributed by atoms with Crippen molar-refractivity contribution >= 4 is 23.2 Å². The van der Waals surface area contributed by atoms with Gasteiger partial charge in [-0.3, -0.25) is 9.59 Å². The topological polar surface area (TPSA) is 80.8 Å². The highest BCUT2D eigenvalue weighted by molar-refractivity contribution is 7.09. The second kappa shape index (κ2) is 11.5. The number of thiazole rings is 1. The van der Waals surface area contributed by atoms with Crippen LogP contribution in [-0.2, 0) is 22.6 Å². The summed E-state index contributed by atoms with van der Waals surface area (Å²) in [6.07, 6.45) is 1.29. The van der Waals surface area contributed by atoms with E-state index in [1.807, 2.05) is 24.0 Å². The third-order valence-electron chi connectivity index (χ3n) is 6.10. The number of fused-ring (bicyclic) bond motifs is 1. The molecule has 8 heteroatoms. The van der Waals surface area contributed by atoms with Gasteiger partial charge < -0.3 is 19.7 Å². The van der Waals surface area contributed by atoms with E-state index in [1.54, 1.807) is 12.5 Å². The zero-order valence-corrected chi connectivity index (χ0v) is 21.2. The molecular formula is C27H31N3O4S. The minimum absolute atomic E-state index is 0.141. The number of nitrogens with zero attached hydrogens (tertiary/aromatic N) is 2. The summed E-state index contributed by atoms with van der Waals surface area (Å²) in [5.74, 6) is 0.638. The van der Waals surface area contributed by atoms with Crippen LogP contribution < -0.4 is 10.1 Å². The molecule has 2 amide bonds. The van der Waals surface area contributed by atoms with Gasteiger partial charge in [-0.1, -0.05) is 42.8 Å². The quantitative estimate of drug-likeness (QED) is 0.450. The Balaban J connectivity index is 1.52. The fourth-order valence-corrected chi connectivity index (χ4v) is 4.93. The third-order valence-corrected chi connectivity index (χ3v) is 6.92. The number of hydrogen-bond donors (Lipinski definition) is 1. The van der Waals surface area contributed by atoms with Crippen molar-refractivity contribution in [2.24, 2.45) is 0 Å². The summed E-state index contributed by atoms with van der Waals surface area (Å²) in [5, 5.41) is 5.22. The van der Waals surface area contributed by atoms with Gasteiger partial charge >= 0.3 is 0 Å². The summed E-state index contributed by atoms with van der Waals surface area (Å²) >= 11 is 1.39. The molecule has 1 aromatic heterocycles. The molecule has 0 spiro atoms. The Morgan fingerprint density at radius 2 is 2.00 bits per heavy atom. The fourth-order valence-electron chi connectivity index (χ4n) is 4.25. The maximum atomic E-state index is 12.8. The minimum atomic E-state index is -0.222. The van der Waals surface area contributed by atoms with Crippen LogP contribution in [-0.4, -0.2) is 48.5 Å². The minimum Gasteiger partial charge on any atom is -0.486 e. The standard InChI is InChI=1S/C27H31N3O4S/c1-4-25(31)30-13-11-19-9-10-21(15-22(19)26(30)20-7-5-18(2)6-8-20)34-16-24-29-23(17-35-24)27(32)28-12-14-33-3/h5-10,15,17,26H,4,11-14,16H2,1-3H3,(H,28,32). The number of nitrogens with one attached hydrogen (secondary N) is 1. The lowest BCUT2D eigenvalue weighted by atomic mass is 9.87. The van der Waals surface area contributed by atoms with Crippen molar-refractivity contribution < 1.29 is 19.1 Å². The summed E-state index contributed by atoms with van der Waals surface area (Å²) < 4.78 is 11.0. The number of ether oxygens (including phenoxy) is 2. The molecule has 1 aliphatic rings. The van der Waals surface area contributed by atoms with E-state index >= 15 is 0 Å². The van der Waals surface area contributed by atoms with Crippen molar-refractivity contribution in [1.29, 1.82) is 0 Å². The Morgan fingerprint density at radius 3 is 2.74 bits per heavy atom. The number of aromatic nitrogens is 1. The van der Waals surface area contributed by atoms with E-state index in [2.05, 4.69) is 47.6 Å². The Labute approximate surface area is 210 Å². The monoisotopic (exact) mass is 493 g/mol. The largest absolute Gasteiger partial charge is 0.486 e. The van der Waals surface area contributed by atoms with E-state index in [1.165, 1.54) is 22.5 Å². The SMILES string of the molecule is CCC(=O)N1CCc2ccc(OCc3nc(C(=O)NCCOC)cs3)cc2C1c1ccc(C)cc1. The highest BCUT2D eigenvalue weighted by atomic mass is 32.1. The lowest BCUT2D eigenvalue weighted by Gasteiger charge is -2.38. The Hall–Kier alpha value is -3.23. The lowest BCUT2D eigenvalue weighted by Crippen LogP contribution is -2.40. The smallest absolute Gasteiger partial charge is 0.270 e. The molecule has 0 saturated carbocycles. The molecule has 0 bridgehead atoms. The molecule has 1 unspecified atom stereocenters. The predicted octanol–water partition coefficient (Wildman–Crippen LogP) is 4.29. The maximum Gasteiger partial charge on any atom is 0.270 e. The van der Waals surface area contributed by atoms with Crippen LogP contribution >= 0.6 is 11.3 Å². The summed E-state index contributed by atoms with van der Waals surface area (Å²) in [7, 11) is 1.59. The van der Waals surface area contributed by atoms with Crippen molar-refractivity contribution in [1.82, 2.24) is 15.2 Å². The average molecular weight is 494 g/mol. The first-order valence-corrected chi connectivity index (χ1v) is 12.7. The van der Waals surface area contributed by atoms with Crippen LogP contribution in [0.25, 0.3) is 0 Å². The van der Waals surface area contributed by atoms with Crippen LogP contribution in [0.5, 0.6) is 5.75 Å². The molecular weight excluding hydrogens is 462 g/mol. The summed E-state index contributed by atoms with van der Waals surface area (Å²) in [4.78, 5) is 31.4. The zero-order valence-electron chi connectivity index (χ0n) is 20.4. The number of amides is 2. The fraction of sp³-hybridized carbons (Fsp3) is 0.370. The molecule has 0 fully saturated rings. The number of carbonyl (C=O) groups is 2. The van der Waals surface area contributed by atoms with Gasteiger partial charge in [-0.15, -0.1) is 11.3 Å². The Kier molecular flexibility index (Phi) is 8.15. The van der Waals surface area contributed by atoms with Crippen molar-refractivity contribution in [2.75, 3.05) is 26.8 Å². The van der Waals surface area contributed by atoms with Crippen LogP contribution in [0, 0.1) is 6.92 Å². The van der Waals surface area contributed by atoms with Crippen molar-refractivity contribution in [3.05, 3.63) is 80.8 Å². The van der Waals surface area contributed by atoms with Crippen LogP contribution in [0.15, 0.2) is 47.8 Å². The molecule has 35 heavy (non-hydrogen) atoms. The summed E-state index contributed by atoms with van der Waals surface area (Å²) in [6.45, 7) is 5.83. The molecule has 184 valence electrons. The Bertz CT molecular complexity index is 1180. The molecule has 1 atom stereocenters. The second-order valence-corrected chi connectivity index (χ2v) is 9.47. The first-order valence-electron chi connectivity index (χ1n) is 11.8. The van der Waals surface area contributed by atoms with Gasteiger partial charge in [0.15, 0.2) is 0 Å². The maximum absolute atomic E-state index is 12.8. The third kappa shape index (κ3) is 5.89. The normalized spacial score (nSPS) is 14.9. The van der Waals surface area contributed by atoms with Gasteiger partial charge in [0.05, 0.1) is 12.6 Å². The lowest BCUT2D eigenvalue weighted by molar-refractivity contribution is -0.132. The number of methoxy groups -OCH3 is 1. The second-order valence-electron chi connectivity index (χ2n) is 8.53. The van der Waals surface area contributed by atoms with Gasteiger partial charge in [-0.25, -0.2) is 4.98 Å². The molecule has 0 radical (unpaired) electrons. The first-order chi connectivity index (χ1) is 17.0. The highest BCUT2D eigenvalue weighted by Gasteiger charge is 2.31. The Morgan fingerprint density at radius 1 is 1.20 bits per heavy atom. The molecule has 7 nitrogen and oxygen atoms in total. The van der Waals surface area contributed by atoms with Crippen molar-refractivity contribution in [3.63, 3.8) is 0 Å². The molecule has 3 aromatic rings. The van der Waals surface area contributed by atoms with Gasteiger partial charge in [-0.05, 0) is 42.2 Å². The number of carbonyl (C=O) groups excluding carboxylic acids is 2. The predicted molar refractivity (Wildman–Crippen MR) is 136 cm³/mol. The van der Waals surface area contributed by atoms with Crippen LogP contribution in [0.2, 0.25) is 0 Å². The van der Waals surface area contributed by atoms with E-state index in [0.717, 1.165) is 22.6 Å². The van der Waals surface area contributed by atoms with Gasteiger partial charge in [0.25, 0.3) is 5.91 Å². The highest BCUT2D eigenvalue weighted by Crippen LogP contribution is 2.37.